The molecule has 2 rings (SSSR count). The fourth-order valence-corrected chi connectivity index (χ4v) is 3.45. The Morgan fingerprint density at radius 1 is 1.29 bits per heavy atom. The van der Waals surface area contributed by atoms with Gasteiger partial charge in [0.1, 0.15) is 0 Å². The van der Waals surface area contributed by atoms with Crippen LogP contribution in [0.4, 0.5) is 0 Å². The van der Waals surface area contributed by atoms with E-state index in [1.54, 1.807) is 11.3 Å². The van der Waals surface area contributed by atoms with Crippen molar-refractivity contribution >= 4 is 11.3 Å². The van der Waals surface area contributed by atoms with Gasteiger partial charge < -0.3 is 5.73 Å². The Bertz CT molecular complexity index is 327. The van der Waals surface area contributed by atoms with Crippen molar-refractivity contribution in [3.05, 3.63) is 16.1 Å². The van der Waals surface area contributed by atoms with Gasteiger partial charge in [0.05, 0.1) is 10.7 Å². The Labute approximate surface area is 109 Å². The van der Waals surface area contributed by atoms with Crippen molar-refractivity contribution in [3.8, 4) is 0 Å². The third kappa shape index (κ3) is 4.07. The molecule has 1 fully saturated rings. The number of hydrogen-bond acceptors (Lipinski definition) is 3. The summed E-state index contributed by atoms with van der Waals surface area (Å²) in [6.07, 6.45) is 10.6. The van der Waals surface area contributed by atoms with Crippen LogP contribution in [0.25, 0.3) is 0 Å². The van der Waals surface area contributed by atoms with E-state index in [0.29, 0.717) is 6.04 Å². The molecule has 0 bridgehead atoms. The number of hydrogen-bond donors (Lipinski definition) is 1. The van der Waals surface area contributed by atoms with E-state index >= 15 is 0 Å². The summed E-state index contributed by atoms with van der Waals surface area (Å²) in [6.45, 7) is 2.06. The molecule has 1 unspecified atom stereocenters. The van der Waals surface area contributed by atoms with Gasteiger partial charge in [-0.05, 0) is 25.7 Å². The SMILES string of the molecule is Cc1nc(CC(N)C2CCCCCCC2)cs1. The minimum atomic E-state index is 0.314. The van der Waals surface area contributed by atoms with Gasteiger partial charge in [0.15, 0.2) is 0 Å². The second-order valence-electron chi connectivity index (χ2n) is 5.33. The summed E-state index contributed by atoms with van der Waals surface area (Å²) in [5.41, 5.74) is 7.57. The Morgan fingerprint density at radius 2 is 1.94 bits per heavy atom. The van der Waals surface area contributed by atoms with Gasteiger partial charge in [-0.15, -0.1) is 11.3 Å². The highest BCUT2D eigenvalue weighted by molar-refractivity contribution is 7.09. The first-order chi connectivity index (χ1) is 8.25. The molecule has 1 aromatic heterocycles. The average Bonchev–Trinajstić information content (AvgIpc) is 2.63. The van der Waals surface area contributed by atoms with Crippen LogP contribution in [0.2, 0.25) is 0 Å². The minimum absolute atomic E-state index is 0.314. The molecule has 0 saturated heterocycles. The van der Waals surface area contributed by atoms with E-state index < -0.39 is 0 Å². The highest BCUT2D eigenvalue weighted by atomic mass is 32.1. The number of aromatic nitrogens is 1. The fourth-order valence-electron chi connectivity index (χ4n) is 2.83. The first-order valence-corrected chi connectivity index (χ1v) is 7.80. The van der Waals surface area contributed by atoms with E-state index in [1.807, 2.05) is 0 Å². The fraction of sp³-hybridized carbons (Fsp3) is 0.786. The van der Waals surface area contributed by atoms with Crippen molar-refractivity contribution in [1.29, 1.82) is 0 Å². The minimum Gasteiger partial charge on any atom is -0.327 e. The molecule has 2 N–H and O–H groups in total. The molecule has 3 heteroatoms. The molecule has 1 aromatic rings. The van der Waals surface area contributed by atoms with Gasteiger partial charge in [-0.25, -0.2) is 4.98 Å². The predicted molar refractivity (Wildman–Crippen MR) is 74.3 cm³/mol. The van der Waals surface area contributed by atoms with E-state index in [2.05, 4.69) is 17.3 Å². The first-order valence-electron chi connectivity index (χ1n) is 6.92. The molecule has 0 amide bonds. The van der Waals surface area contributed by atoms with Gasteiger partial charge in [0, 0.05) is 17.8 Å². The Kier molecular flexibility index (Phi) is 4.99. The van der Waals surface area contributed by atoms with Gasteiger partial charge in [-0.3, -0.25) is 0 Å². The molecular weight excluding hydrogens is 228 g/mol. The highest BCUT2D eigenvalue weighted by Crippen LogP contribution is 2.25. The standard InChI is InChI=1S/C14H24N2S/c1-11-16-13(10-17-11)9-14(15)12-7-5-3-2-4-6-8-12/h10,12,14H,2-9,15H2,1H3. The monoisotopic (exact) mass is 252 g/mol. The maximum Gasteiger partial charge on any atom is 0.0897 e. The summed E-state index contributed by atoms with van der Waals surface area (Å²) < 4.78 is 0. The molecule has 1 aliphatic carbocycles. The van der Waals surface area contributed by atoms with Gasteiger partial charge in [-0.2, -0.15) is 0 Å². The highest BCUT2D eigenvalue weighted by Gasteiger charge is 2.19. The lowest BCUT2D eigenvalue weighted by Gasteiger charge is -2.25. The summed E-state index contributed by atoms with van der Waals surface area (Å²) in [5, 5.41) is 3.32. The molecule has 96 valence electrons. The number of aryl methyl sites for hydroxylation is 1. The van der Waals surface area contributed by atoms with Gasteiger partial charge >= 0.3 is 0 Å². The average molecular weight is 252 g/mol. The Morgan fingerprint density at radius 3 is 2.53 bits per heavy atom. The second-order valence-corrected chi connectivity index (χ2v) is 6.39. The Hall–Kier alpha value is -0.410. The quantitative estimate of drug-likeness (QED) is 0.891. The molecular formula is C14H24N2S. The molecule has 1 atom stereocenters. The Balaban J connectivity index is 1.86. The van der Waals surface area contributed by atoms with Crippen molar-refractivity contribution in [2.75, 3.05) is 0 Å². The summed E-state index contributed by atoms with van der Waals surface area (Å²) in [7, 11) is 0. The van der Waals surface area contributed by atoms with E-state index in [9.17, 15) is 0 Å². The molecule has 17 heavy (non-hydrogen) atoms. The van der Waals surface area contributed by atoms with Crippen LogP contribution >= 0.6 is 11.3 Å². The molecule has 0 radical (unpaired) electrons. The molecule has 0 aliphatic heterocycles. The van der Waals surface area contributed by atoms with Crippen LogP contribution in [0.15, 0.2) is 5.38 Å². The first kappa shape index (κ1) is 13.0. The summed E-state index contributed by atoms with van der Waals surface area (Å²) >= 11 is 1.73. The molecule has 2 nitrogen and oxygen atoms in total. The van der Waals surface area contributed by atoms with Crippen LogP contribution in [0.5, 0.6) is 0 Å². The topological polar surface area (TPSA) is 38.9 Å². The van der Waals surface area contributed by atoms with Gasteiger partial charge in [0.2, 0.25) is 0 Å². The van der Waals surface area contributed by atoms with Crippen molar-refractivity contribution < 1.29 is 0 Å². The van der Waals surface area contributed by atoms with E-state index in [1.165, 1.54) is 50.6 Å². The number of nitrogens with two attached hydrogens (primary N) is 1. The normalized spacial score (nSPS) is 20.8. The van der Waals surface area contributed by atoms with Crippen LogP contribution in [0, 0.1) is 12.8 Å². The van der Waals surface area contributed by atoms with Crippen LogP contribution in [-0.4, -0.2) is 11.0 Å². The molecule has 0 spiro atoms. The maximum absolute atomic E-state index is 6.37. The van der Waals surface area contributed by atoms with Crippen molar-refractivity contribution in [2.24, 2.45) is 11.7 Å². The van der Waals surface area contributed by atoms with E-state index in [-0.39, 0.29) is 0 Å². The van der Waals surface area contributed by atoms with Gasteiger partial charge in [0.25, 0.3) is 0 Å². The van der Waals surface area contributed by atoms with E-state index in [0.717, 1.165) is 17.3 Å². The molecule has 0 aromatic carbocycles. The van der Waals surface area contributed by atoms with Crippen LogP contribution in [-0.2, 0) is 6.42 Å². The smallest absolute Gasteiger partial charge is 0.0897 e. The van der Waals surface area contributed by atoms with Crippen molar-refractivity contribution in [2.45, 2.75) is 64.3 Å². The van der Waals surface area contributed by atoms with E-state index in [4.69, 9.17) is 5.73 Å². The molecule has 1 heterocycles. The van der Waals surface area contributed by atoms with Crippen LogP contribution < -0.4 is 5.73 Å². The second kappa shape index (κ2) is 6.50. The summed E-state index contributed by atoms with van der Waals surface area (Å²) in [4.78, 5) is 4.53. The lowest BCUT2D eigenvalue weighted by atomic mass is 9.84. The summed E-state index contributed by atoms with van der Waals surface area (Å²) in [5.74, 6) is 0.720. The zero-order chi connectivity index (χ0) is 12.1. The number of thiazole rings is 1. The van der Waals surface area contributed by atoms with Crippen molar-refractivity contribution in [3.63, 3.8) is 0 Å². The predicted octanol–water partition coefficient (Wildman–Crippen LogP) is 3.68. The zero-order valence-electron chi connectivity index (χ0n) is 10.8. The van der Waals surface area contributed by atoms with Crippen LogP contribution in [0.1, 0.15) is 55.6 Å². The summed E-state index contributed by atoms with van der Waals surface area (Å²) in [6, 6.07) is 0.314. The third-order valence-corrected chi connectivity index (χ3v) is 4.69. The zero-order valence-corrected chi connectivity index (χ0v) is 11.6. The lowest BCUT2D eigenvalue weighted by molar-refractivity contribution is 0.321. The number of nitrogens with zero attached hydrogens (tertiary/aromatic N) is 1. The molecule has 1 saturated carbocycles. The van der Waals surface area contributed by atoms with Crippen LogP contribution in [0.3, 0.4) is 0 Å². The lowest BCUT2D eigenvalue weighted by Crippen LogP contribution is -2.33. The third-order valence-electron chi connectivity index (χ3n) is 3.87. The van der Waals surface area contributed by atoms with Crippen molar-refractivity contribution in [1.82, 2.24) is 4.98 Å². The van der Waals surface area contributed by atoms with Gasteiger partial charge in [-0.1, -0.05) is 32.1 Å². The molecule has 1 aliphatic rings. The maximum atomic E-state index is 6.37. The largest absolute Gasteiger partial charge is 0.327 e. The number of rotatable bonds is 3.